The van der Waals surface area contributed by atoms with Crippen molar-refractivity contribution in [1.29, 1.82) is 0 Å². The van der Waals surface area contributed by atoms with Crippen molar-refractivity contribution in [3.63, 3.8) is 0 Å². The molecule has 19 heavy (non-hydrogen) atoms. The summed E-state index contributed by atoms with van der Waals surface area (Å²) in [6.45, 7) is 16.1. The first-order chi connectivity index (χ1) is 8.37. The Hall–Kier alpha value is -0.250. The summed E-state index contributed by atoms with van der Waals surface area (Å²) in [7, 11) is 0. The van der Waals surface area contributed by atoms with Gasteiger partial charge in [0.2, 0.25) is 0 Å². The molecule has 0 radical (unpaired) electrons. The molecule has 1 aromatic rings. The van der Waals surface area contributed by atoms with E-state index >= 15 is 0 Å². The van der Waals surface area contributed by atoms with E-state index < -0.39 is 0 Å². The standard InChI is InChI=1S/C17H27IO/c1-15(2,3)11-17(7,16(4,5)6)12-8-9-14(19)13(18)10-12/h8-10,19H,11H2,1-7H3. The summed E-state index contributed by atoms with van der Waals surface area (Å²) in [5.41, 5.74) is 1.84. The smallest absolute Gasteiger partial charge is 0.128 e. The third-order valence-corrected chi connectivity index (χ3v) is 4.99. The normalized spacial score (nSPS) is 16.2. The Labute approximate surface area is 132 Å². The van der Waals surface area contributed by atoms with Crippen molar-refractivity contribution in [3.8, 4) is 5.75 Å². The highest BCUT2D eigenvalue weighted by Crippen LogP contribution is 2.49. The molecule has 108 valence electrons. The molecule has 0 saturated heterocycles. The van der Waals surface area contributed by atoms with Crippen LogP contribution in [-0.2, 0) is 5.41 Å². The molecule has 0 heterocycles. The van der Waals surface area contributed by atoms with E-state index in [1.165, 1.54) is 5.56 Å². The van der Waals surface area contributed by atoms with Crippen LogP contribution in [0, 0.1) is 14.4 Å². The number of hydrogen-bond donors (Lipinski definition) is 1. The fourth-order valence-corrected chi connectivity index (χ4v) is 3.23. The monoisotopic (exact) mass is 374 g/mol. The topological polar surface area (TPSA) is 20.2 Å². The maximum atomic E-state index is 9.74. The second-order valence-electron chi connectivity index (χ2n) is 7.99. The molecule has 1 atom stereocenters. The predicted octanol–water partition coefficient (Wildman–Crippen LogP) is 5.74. The number of rotatable bonds is 2. The highest BCUT2D eigenvalue weighted by Gasteiger charge is 2.41. The summed E-state index contributed by atoms with van der Waals surface area (Å²) in [6, 6.07) is 6.03. The van der Waals surface area contributed by atoms with Crippen LogP contribution < -0.4 is 0 Å². The molecule has 1 rings (SSSR count). The molecule has 1 nitrogen and oxygen atoms in total. The van der Waals surface area contributed by atoms with Crippen molar-refractivity contribution in [3.05, 3.63) is 27.3 Å². The second kappa shape index (κ2) is 5.27. The van der Waals surface area contributed by atoms with Crippen LogP contribution in [0.3, 0.4) is 0 Å². The van der Waals surface area contributed by atoms with Crippen molar-refractivity contribution in [2.24, 2.45) is 10.8 Å². The Kier molecular flexibility index (Phi) is 4.66. The molecule has 0 spiro atoms. The first kappa shape index (κ1) is 16.8. The maximum Gasteiger partial charge on any atom is 0.128 e. The summed E-state index contributed by atoms with van der Waals surface area (Å²) in [5, 5.41) is 9.74. The molecule has 0 amide bonds. The third kappa shape index (κ3) is 3.87. The lowest BCUT2D eigenvalue weighted by atomic mass is 9.58. The van der Waals surface area contributed by atoms with Gasteiger partial charge in [0, 0.05) is 0 Å². The van der Waals surface area contributed by atoms with E-state index in [0.29, 0.717) is 5.75 Å². The summed E-state index contributed by atoms with van der Waals surface area (Å²) in [4.78, 5) is 0. The van der Waals surface area contributed by atoms with Gasteiger partial charge in [-0.1, -0.05) is 54.5 Å². The summed E-state index contributed by atoms with van der Waals surface area (Å²) < 4.78 is 0.930. The summed E-state index contributed by atoms with van der Waals surface area (Å²) in [5.74, 6) is 0.372. The fourth-order valence-electron chi connectivity index (χ4n) is 2.71. The van der Waals surface area contributed by atoms with E-state index in [1.807, 2.05) is 6.07 Å². The minimum absolute atomic E-state index is 0.0822. The van der Waals surface area contributed by atoms with E-state index in [2.05, 4.69) is 83.2 Å². The molecule has 1 N–H and O–H groups in total. The summed E-state index contributed by atoms with van der Waals surface area (Å²) in [6.07, 6.45) is 1.12. The van der Waals surface area contributed by atoms with Gasteiger partial charge in [-0.15, -0.1) is 0 Å². The predicted molar refractivity (Wildman–Crippen MR) is 91.7 cm³/mol. The van der Waals surface area contributed by atoms with Gasteiger partial charge in [-0.3, -0.25) is 0 Å². The maximum absolute atomic E-state index is 9.74. The van der Waals surface area contributed by atoms with E-state index in [4.69, 9.17) is 0 Å². The lowest BCUT2D eigenvalue weighted by molar-refractivity contribution is 0.134. The van der Waals surface area contributed by atoms with Gasteiger partial charge in [-0.05, 0) is 63.0 Å². The zero-order chi connectivity index (χ0) is 15.1. The Morgan fingerprint density at radius 1 is 1.00 bits per heavy atom. The van der Waals surface area contributed by atoms with Crippen molar-refractivity contribution in [2.45, 2.75) is 60.3 Å². The molecule has 0 fully saturated rings. The molecular weight excluding hydrogens is 347 g/mol. The van der Waals surface area contributed by atoms with Gasteiger partial charge in [-0.2, -0.15) is 0 Å². The van der Waals surface area contributed by atoms with Gasteiger partial charge in [0.15, 0.2) is 0 Å². The van der Waals surface area contributed by atoms with E-state index in [1.54, 1.807) is 0 Å². The molecule has 0 saturated carbocycles. The van der Waals surface area contributed by atoms with Gasteiger partial charge < -0.3 is 5.11 Å². The fraction of sp³-hybridized carbons (Fsp3) is 0.647. The van der Waals surface area contributed by atoms with Gasteiger partial charge in [0.1, 0.15) is 5.75 Å². The summed E-state index contributed by atoms with van der Waals surface area (Å²) >= 11 is 2.21. The van der Waals surface area contributed by atoms with E-state index in [0.717, 1.165) is 9.99 Å². The Bertz CT molecular complexity index is 451. The van der Waals surface area contributed by atoms with Crippen LogP contribution in [0.5, 0.6) is 5.75 Å². The quantitative estimate of drug-likeness (QED) is 0.655. The largest absolute Gasteiger partial charge is 0.507 e. The van der Waals surface area contributed by atoms with Crippen LogP contribution in [0.2, 0.25) is 0 Å². The molecule has 0 aliphatic carbocycles. The number of phenolic OH excluding ortho intramolecular Hbond substituents is 1. The minimum Gasteiger partial charge on any atom is -0.507 e. The number of hydrogen-bond acceptors (Lipinski definition) is 1. The Morgan fingerprint density at radius 2 is 1.53 bits per heavy atom. The zero-order valence-electron chi connectivity index (χ0n) is 13.3. The first-order valence-corrected chi connectivity index (χ1v) is 7.94. The van der Waals surface area contributed by atoms with Gasteiger partial charge in [-0.25, -0.2) is 0 Å². The highest BCUT2D eigenvalue weighted by molar-refractivity contribution is 14.1. The number of benzene rings is 1. The average molecular weight is 374 g/mol. The second-order valence-corrected chi connectivity index (χ2v) is 9.15. The van der Waals surface area contributed by atoms with Crippen LogP contribution in [-0.4, -0.2) is 5.11 Å². The van der Waals surface area contributed by atoms with Gasteiger partial charge >= 0.3 is 0 Å². The van der Waals surface area contributed by atoms with E-state index in [9.17, 15) is 5.11 Å². The average Bonchev–Trinajstić information content (AvgIpc) is 2.17. The molecule has 1 aromatic carbocycles. The molecule has 0 aliphatic rings. The van der Waals surface area contributed by atoms with E-state index in [-0.39, 0.29) is 16.2 Å². The van der Waals surface area contributed by atoms with Crippen LogP contribution in [0.1, 0.15) is 60.5 Å². The molecule has 0 aromatic heterocycles. The van der Waals surface area contributed by atoms with Gasteiger partial charge in [0.05, 0.1) is 3.57 Å². The van der Waals surface area contributed by atoms with Crippen molar-refractivity contribution in [2.75, 3.05) is 0 Å². The molecule has 1 unspecified atom stereocenters. The molecule has 2 heteroatoms. The minimum atomic E-state index is 0.0822. The number of phenols is 1. The van der Waals surface area contributed by atoms with Crippen molar-refractivity contribution in [1.82, 2.24) is 0 Å². The van der Waals surface area contributed by atoms with Crippen LogP contribution in [0.25, 0.3) is 0 Å². The van der Waals surface area contributed by atoms with Crippen molar-refractivity contribution >= 4 is 22.6 Å². The lowest BCUT2D eigenvalue weighted by Gasteiger charge is -2.46. The Morgan fingerprint density at radius 3 is 1.89 bits per heavy atom. The van der Waals surface area contributed by atoms with Crippen LogP contribution in [0.4, 0.5) is 0 Å². The first-order valence-electron chi connectivity index (χ1n) is 6.86. The Balaban J connectivity index is 3.35. The zero-order valence-corrected chi connectivity index (χ0v) is 15.4. The van der Waals surface area contributed by atoms with Crippen LogP contribution >= 0.6 is 22.6 Å². The SMILES string of the molecule is CC(C)(C)CC(C)(c1ccc(O)c(I)c1)C(C)(C)C. The molecular formula is C17H27IO. The molecule has 0 aliphatic heterocycles. The van der Waals surface area contributed by atoms with Crippen molar-refractivity contribution < 1.29 is 5.11 Å². The number of aromatic hydroxyl groups is 1. The molecule has 0 bridgehead atoms. The highest BCUT2D eigenvalue weighted by atomic mass is 127. The van der Waals surface area contributed by atoms with Gasteiger partial charge in [0.25, 0.3) is 0 Å². The third-order valence-electron chi connectivity index (χ3n) is 4.12. The lowest BCUT2D eigenvalue weighted by Crippen LogP contribution is -2.40. The number of halogens is 1. The van der Waals surface area contributed by atoms with Crippen LogP contribution in [0.15, 0.2) is 18.2 Å².